The molecule has 1 unspecified atom stereocenters. The summed E-state index contributed by atoms with van der Waals surface area (Å²) in [5.74, 6) is -0.532. The molecule has 2 fully saturated rings. The topological polar surface area (TPSA) is 47.9 Å². The predicted octanol–water partition coefficient (Wildman–Crippen LogP) is 0.245. The smallest absolute Gasteiger partial charge is 0.187 e. The average molecular weight is 174 g/mol. The highest BCUT2D eigenvalue weighted by molar-refractivity contribution is 4.84. The van der Waals surface area contributed by atoms with Crippen molar-refractivity contribution in [1.29, 1.82) is 0 Å². The molecule has 0 aromatic carbocycles. The molecule has 2 aliphatic rings. The number of hydrogen-bond donors (Lipinski definition) is 1. The van der Waals surface area contributed by atoms with Crippen molar-refractivity contribution in [3.63, 3.8) is 0 Å². The van der Waals surface area contributed by atoms with Gasteiger partial charge in [-0.2, -0.15) is 0 Å². The Morgan fingerprint density at radius 2 is 2.17 bits per heavy atom. The lowest BCUT2D eigenvalue weighted by atomic mass is 10.2. The van der Waals surface area contributed by atoms with Crippen molar-refractivity contribution in [3.05, 3.63) is 0 Å². The minimum atomic E-state index is -0.532. The van der Waals surface area contributed by atoms with Gasteiger partial charge in [0.15, 0.2) is 12.1 Å². The minimum Gasteiger partial charge on any atom is -0.394 e. The maximum atomic E-state index is 8.82. The standard InChI is InChI=1S/C8H14O4/c1-8(2)11-6-3-5(4-9)10-7(6)12-8/h5-7,9H,3-4H2,1-2H3/t5-,6?,7+/m0/s1. The SMILES string of the molecule is CC1(C)OC2C[C@@H](CO)O[C@@H]2O1. The molecule has 0 amide bonds. The van der Waals surface area contributed by atoms with Crippen LogP contribution in [0.4, 0.5) is 0 Å². The fourth-order valence-electron chi connectivity index (χ4n) is 1.70. The van der Waals surface area contributed by atoms with Crippen molar-refractivity contribution in [2.24, 2.45) is 0 Å². The molecule has 2 saturated heterocycles. The molecule has 70 valence electrons. The van der Waals surface area contributed by atoms with E-state index in [1.165, 1.54) is 0 Å². The minimum absolute atomic E-state index is 0.00264. The van der Waals surface area contributed by atoms with Crippen molar-refractivity contribution < 1.29 is 19.3 Å². The number of aliphatic hydroxyl groups excluding tert-OH is 1. The zero-order chi connectivity index (χ0) is 8.77. The van der Waals surface area contributed by atoms with Gasteiger partial charge in [-0.05, 0) is 13.8 Å². The van der Waals surface area contributed by atoms with Crippen LogP contribution in [-0.2, 0) is 14.2 Å². The number of hydrogen-bond acceptors (Lipinski definition) is 4. The molecule has 2 aliphatic heterocycles. The first-order valence-corrected chi connectivity index (χ1v) is 4.23. The van der Waals surface area contributed by atoms with Gasteiger partial charge in [0.05, 0.1) is 12.7 Å². The Bertz CT molecular complexity index is 164. The number of aliphatic hydroxyl groups is 1. The number of ether oxygens (including phenoxy) is 3. The lowest BCUT2D eigenvalue weighted by Crippen LogP contribution is -2.25. The van der Waals surface area contributed by atoms with Gasteiger partial charge >= 0.3 is 0 Å². The van der Waals surface area contributed by atoms with Crippen LogP contribution in [0.1, 0.15) is 20.3 Å². The maximum absolute atomic E-state index is 8.82. The molecule has 4 heteroatoms. The summed E-state index contributed by atoms with van der Waals surface area (Å²) >= 11 is 0. The number of rotatable bonds is 1. The van der Waals surface area contributed by atoms with Crippen molar-refractivity contribution in [3.8, 4) is 0 Å². The predicted molar refractivity (Wildman–Crippen MR) is 40.4 cm³/mol. The summed E-state index contributed by atoms with van der Waals surface area (Å²) in [6.07, 6.45) is 0.329. The Balaban J connectivity index is 1.97. The highest BCUT2D eigenvalue weighted by Gasteiger charge is 2.48. The van der Waals surface area contributed by atoms with Crippen LogP contribution in [-0.4, -0.2) is 36.0 Å². The average Bonchev–Trinajstić information content (AvgIpc) is 2.40. The molecule has 4 nitrogen and oxygen atoms in total. The van der Waals surface area contributed by atoms with Gasteiger partial charge in [0.25, 0.3) is 0 Å². The van der Waals surface area contributed by atoms with E-state index in [0.29, 0.717) is 0 Å². The van der Waals surface area contributed by atoms with E-state index in [1.807, 2.05) is 13.8 Å². The molecule has 0 saturated carbocycles. The first-order valence-electron chi connectivity index (χ1n) is 4.23. The summed E-state index contributed by atoms with van der Waals surface area (Å²) in [5.41, 5.74) is 0. The fraction of sp³-hybridized carbons (Fsp3) is 1.00. The van der Waals surface area contributed by atoms with E-state index < -0.39 is 5.79 Å². The monoisotopic (exact) mass is 174 g/mol. The molecule has 2 heterocycles. The third-order valence-electron chi connectivity index (χ3n) is 2.16. The second-order valence-corrected chi connectivity index (χ2v) is 3.72. The molecule has 12 heavy (non-hydrogen) atoms. The van der Waals surface area contributed by atoms with E-state index in [0.717, 1.165) is 6.42 Å². The van der Waals surface area contributed by atoms with E-state index in [-0.39, 0.29) is 25.1 Å². The second kappa shape index (κ2) is 2.67. The van der Waals surface area contributed by atoms with Crippen molar-refractivity contribution in [2.75, 3.05) is 6.61 Å². The largest absolute Gasteiger partial charge is 0.394 e. The maximum Gasteiger partial charge on any atom is 0.187 e. The van der Waals surface area contributed by atoms with Crippen LogP contribution >= 0.6 is 0 Å². The van der Waals surface area contributed by atoms with Gasteiger partial charge in [0, 0.05) is 6.42 Å². The van der Waals surface area contributed by atoms with Crippen molar-refractivity contribution in [1.82, 2.24) is 0 Å². The summed E-state index contributed by atoms with van der Waals surface area (Å²) in [4.78, 5) is 0. The molecule has 0 spiro atoms. The molecule has 0 aliphatic carbocycles. The Morgan fingerprint density at radius 1 is 1.42 bits per heavy atom. The van der Waals surface area contributed by atoms with Gasteiger partial charge in [-0.1, -0.05) is 0 Å². The highest BCUT2D eigenvalue weighted by atomic mass is 16.8. The second-order valence-electron chi connectivity index (χ2n) is 3.72. The quantitative estimate of drug-likeness (QED) is 0.619. The van der Waals surface area contributed by atoms with Crippen LogP contribution in [0.15, 0.2) is 0 Å². The summed E-state index contributed by atoms with van der Waals surface area (Å²) in [7, 11) is 0. The van der Waals surface area contributed by atoms with Crippen LogP contribution < -0.4 is 0 Å². The molecule has 1 N–H and O–H groups in total. The van der Waals surface area contributed by atoms with Crippen LogP contribution in [0, 0.1) is 0 Å². The molecular formula is C8H14O4. The lowest BCUT2D eigenvalue weighted by Gasteiger charge is -2.19. The molecule has 0 aromatic rings. The van der Waals surface area contributed by atoms with Crippen LogP contribution in [0.3, 0.4) is 0 Å². The van der Waals surface area contributed by atoms with Crippen molar-refractivity contribution >= 4 is 0 Å². The molecule has 0 radical (unpaired) electrons. The van der Waals surface area contributed by atoms with Gasteiger partial charge < -0.3 is 19.3 Å². The van der Waals surface area contributed by atoms with Gasteiger partial charge in [0.1, 0.15) is 6.10 Å². The third-order valence-corrected chi connectivity index (χ3v) is 2.16. The summed E-state index contributed by atoms with van der Waals surface area (Å²) in [6, 6.07) is 0. The first-order chi connectivity index (χ1) is 5.61. The summed E-state index contributed by atoms with van der Waals surface area (Å²) < 4.78 is 16.4. The van der Waals surface area contributed by atoms with E-state index in [1.54, 1.807) is 0 Å². The third kappa shape index (κ3) is 1.35. The Hall–Kier alpha value is -0.160. The van der Waals surface area contributed by atoms with Gasteiger partial charge in [-0.3, -0.25) is 0 Å². The normalized spacial score (nSPS) is 44.8. The molecule has 2 rings (SSSR count). The van der Waals surface area contributed by atoms with Crippen LogP contribution in [0.2, 0.25) is 0 Å². The zero-order valence-electron chi connectivity index (χ0n) is 7.32. The first kappa shape index (κ1) is 8.44. The highest BCUT2D eigenvalue weighted by Crippen LogP contribution is 2.36. The number of fused-ring (bicyclic) bond motifs is 1. The Morgan fingerprint density at radius 3 is 2.75 bits per heavy atom. The molecule has 0 bridgehead atoms. The van der Waals surface area contributed by atoms with E-state index in [9.17, 15) is 0 Å². The zero-order valence-corrected chi connectivity index (χ0v) is 7.32. The van der Waals surface area contributed by atoms with Gasteiger partial charge in [-0.25, -0.2) is 0 Å². The van der Waals surface area contributed by atoms with Crippen molar-refractivity contribution in [2.45, 2.75) is 44.6 Å². The van der Waals surface area contributed by atoms with E-state index in [4.69, 9.17) is 19.3 Å². The molecule has 0 aromatic heterocycles. The molecular weight excluding hydrogens is 160 g/mol. The summed E-state index contributed by atoms with van der Waals surface area (Å²) in [5, 5.41) is 8.82. The Kier molecular flexibility index (Phi) is 1.88. The van der Waals surface area contributed by atoms with Gasteiger partial charge in [0.2, 0.25) is 0 Å². The molecule has 3 atom stereocenters. The van der Waals surface area contributed by atoms with Crippen LogP contribution in [0.25, 0.3) is 0 Å². The van der Waals surface area contributed by atoms with E-state index in [2.05, 4.69) is 0 Å². The fourth-order valence-corrected chi connectivity index (χ4v) is 1.70. The van der Waals surface area contributed by atoms with Crippen LogP contribution in [0.5, 0.6) is 0 Å². The van der Waals surface area contributed by atoms with Gasteiger partial charge in [-0.15, -0.1) is 0 Å². The summed E-state index contributed by atoms with van der Waals surface area (Å²) in [6.45, 7) is 3.77. The lowest BCUT2D eigenvalue weighted by molar-refractivity contribution is -0.207. The Labute approximate surface area is 71.4 Å². The van der Waals surface area contributed by atoms with E-state index >= 15 is 0 Å².